The van der Waals surface area contributed by atoms with Crippen molar-refractivity contribution in [1.82, 2.24) is 15.4 Å². The van der Waals surface area contributed by atoms with Crippen molar-refractivity contribution in [2.24, 2.45) is 0 Å². The van der Waals surface area contributed by atoms with Crippen LogP contribution in [0.5, 0.6) is 0 Å². The van der Waals surface area contributed by atoms with Crippen LogP contribution < -0.4 is 5.48 Å². The SMILES string of the molecule is O=C(NO)c1ccc2nc(-c3ccccc3Cl)[nH]c2c1. The van der Waals surface area contributed by atoms with E-state index in [9.17, 15) is 4.79 Å². The van der Waals surface area contributed by atoms with Crippen LogP contribution in [0, 0.1) is 0 Å². The molecule has 0 fully saturated rings. The first kappa shape index (κ1) is 12.7. The molecule has 3 aromatic rings. The third-order valence-corrected chi connectivity index (χ3v) is 3.30. The number of nitrogens with one attached hydrogen (secondary N) is 2. The highest BCUT2D eigenvalue weighted by Gasteiger charge is 2.10. The lowest BCUT2D eigenvalue weighted by Gasteiger charge is -1.98. The molecule has 100 valence electrons. The number of amides is 1. The standard InChI is InChI=1S/C14H10ClN3O2/c15-10-4-2-1-3-9(10)13-16-11-6-5-8(14(19)18-20)7-12(11)17-13/h1-7,20H,(H,16,17)(H,18,19). The van der Waals surface area contributed by atoms with E-state index in [2.05, 4.69) is 9.97 Å². The molecule has 0 atom stereocenters. The Kier molecular flexibility index (Phi) is 3.14. The van der Waals surface area contributed by atoms with Gasteiger partial charge in [-0.05, 0) is 30.3 Å². The van der Waals surface area contributed by atoms with Gasteiger partial charge in [0.15, 0.2) is 0 Å². The number of imidazole rings is 1. The minimum Gasteiger partial charge on any atom is -0.338 e. The molecule has 0 saturated carbocycles. The third kappa shape index (κ3) is 2.13. The number of fused-ring (bicyclic) bond motifs is 1. The lowest BCUT2D eigenvalue weighted by Crippen LogP contribution is -2.18. The number of hydrogen-bond acceptors (Lipinski definition) is 3. The van der Waals surface area contributed by atoms with E-state index < -0.39 is 5.91 Å². The number of nitrogens with zero attached hydrogens (tertiary/aromatic N) is 1. The molecule has 20 heavy (non-hydrogen) atoms. The first-order valence-corrected chi connectivity index (χ1v) is 6.26. The van der Waals surface area contributed by atoms with Gasteiger partial charge < -0.3 is 4.98 Å². The molecule has 0 spiro atoms. The zero-order valence-corrected chi connectivity index (χ0v) is 11.0. The summed E-state index contributed by atoms with van der Waals surface area (Å²) >= 11 is 6.13. The lowest BCUT2D eigenvalue weighted by molar-refractivity contribution is 0.0706. The highest BCUT2D eigenvalue weighted by Crippen LogP contribution is 2.27. The summed E-state index contributed by atoms with van der Waals surface area (Å²) in [6.07, 6.45) is 0. The van der Waals surface area contributed by atoms with Crippen LogP contribution in [0.1, 0.15) is 10.4 Å². The predicted molar refractivity (Wildman–Crippen MR) is 75.8 cm³/mol. The van der Waals surface area contributed by atoms with Crippen molar-refractivity contribution in [3.63, 3.8) is 0 Å². The Labute approximate surface area is 119 Å². The van der Waals surface area contributed by atoms with Crippen LogP contribution in [0.2, 0.25) is 5.02 Å². The first-order valence-electron chi connectivity index (χ1n) is 5.88. The van der Waals surface area contributed by atoms with Crippen molar-refractivity contribution in [3.8, 4) is 11.4 Å². The van der Waals surface area contributed by atoms with Gasteiger partial charge in [0.05, 0.1) is 16.1 Å². The summed E-state index contributed by atoms with van der Waals surface area (Å²) in [4.78, 5) is 18.9. The molecule has 6 heteroatoms. The number of carbonyl (C=O) groups excluding carboxylic acids is 1. The Morgan fingerprint density at radius 3 is 2.80 bits per heavy atom. The summed E-state index contributed by atoms with van der Waals surface area (Å²) in [6, 6.07) is 12.3. The molecule has 0 unspecified atom stereocenters. The van der Waals surface area contributed by atoms with Crippen LogP contribution in [0.4, 0.5) is 0 Å². The summed E-state index contributed by atoms with van der Waals surface area (Å²) in [5, 5.41) is 9.23. The monoisotopic (exact) mass is 287 g/mol. The average molecular weight is 288 g/mol. The van der Waals surface area contributed by atoms with Gasteiger partial charge in [-0.1, -0.05) is 23.7 Å². The van der Waals surface area contributed by atoms with Gasteiger partial charge in [0, 0.05) is 11.1 Å². The number of aromatic nitrogens is 2. The van der Waals surface area contributed by atoms with E-state index in [1.807, 2.05) is 18.2 Å². The van der Waals surface area contributed by atoms with Crippen LogP contribution in [-0.2, 0) is 0 Å². The van der Waals surface area contributed by atoms with Crippen molar-refractivity contribution < 1.29 is 10.0 Å². The number of benzene rings is 2. The second-order valence-electron chi connectivity index (χ2n) is 4.24. The average Bonchev–Trinajstić information content (AvgIpc) is 2.89. The fraction of sp³-hybridized carbons (Fsp3) is 0. The Morgan fingerprint density at radius 2 is 2.05 bits per heavy atom. The second kappa shape index (κ2) is 4.96. The van der Waals surface area contributed by atoms with Gasteiger partial charge in [-0.2, -0.15) is 0 Å². The number of carbonyl (C=O) groups is 1. The molecule has 5 nitrogen and oxygen atoms in total. The number of hydroxylamine groups is 1. The van der Waals surface area contributed by atoms with Gasteiger partial charge >= 0.3 is 0 Å². The minimum absolute atomic E-state index is 0.342. The Hall–Kier alpha value is -2.37. The summed E-state index contributed by atoms with van der Waals surface area (Å²) in [5.41, 5.74) is 4.14. The molecule has 0 aliphatic carbocycles. The molecule has 2 aromatic carbocycles. The summed E-state index contributed by atoms with van der Waals surface area (Å²) in [6.45, 7) is 0. The summed E-state index contributed by atoms with van der Waals surface area (Å²) in [7, 11) is 0. The van der Waals surface area contributed by atoms with Crippen molar-refractivity contribution >= 4 is 28.5 Å². The molecule has 1 amide bonds. The van der Waals surface area contributed by atoms with Crippen LogP contribution in [0.3, 0.4) is 0 Å². The predicted octanol–water partition coefficient (Wildman–Crippen LogP) is 3.00. The fourth-order valence-electron chi connectivity index (χ4n) is 2.00. The number of aromatic amines is 1. The fourth-order valence-corrected chi connectivity index (χ4v) is 2.22. The van der Waals surface area contributed by atoms with E-state index in [1.165, 1.54) is 0 Å². The maximum absolute atomic E-state index is 11.4. The van der Waals surface area contributed by atoms with Gasteiger partial charge in [0.25, 0.3) is 5.91 Å². The molecule has 0 aliphatic rings. The van der Waals surface area contributed by atoms with Crippen molar-refractivity contribution in [2.45, 2.75) is 0 Å². The zero-order valence-electron chi connectivity index (χ0n) is 10.2. The highest BCUT2D eigenvalue weighted by atomic mass is 35.5. The maximum Gasteiger partial charge on any atom is 0.274 e. The number of H-pyrrole nitrogens is 1. The molecule has 3 rings (SSSR count). The first-order chi connectivity index (χ1) is 9.69. The smallest absolute Gasteiger partial charge is 0.274 e. The lowest BCUT2D eigenvalue weighted by atomic mass is 10.2. The van der Waals surface area contributed by atoms with Crippen molar-refractivity contribution in [3.05, 3.63) is 53.1 Å². The Bertz CT molecular complexity index is 798. The van der Waals surface area contributed by atoms with Crippen molar-refractivity contribution in [2.75, 3.05) is 0 Å². The molecule has 0 saturated heterocycles. The van der Waals surface area contributed by atoms with Crippen LogP contribution in [-0.4, -0.2) is 21.1 Å². The third-order valence-electron chi connectivity index (χ3n) is 2.97. The molecular formula is C14H10ClN3O2. The Morgan fingerprint density at radius 1 is 1.25 bits per heavy atom. The largest absolute Gasteiger partial charge is 0.338 e. The van der Waals surface area contributed by atoms with E-state index in [1.54, 1.807) is 29.7 Å². The maximum atomic E-state index is 11.4. The molecule has 1 heterocycles. The molecule has 3 N–H and O–H groups in total. The van der Waals surface area contributed by atoms with E-state index in [4.69, 9.17) is 16.8 Å². The van der Waals surface area contributed by atoms with E-state index in [0.29, 0.717) is 21.9 Å². The number of hydrogen-bond donors (Lipinski definition) is 3. The normalized spacial score (nSPS) is 10.7. The van der Waals surface area contributed by atoms with E-state index >= 15 is 0 Å². The van der Waals surface area contributed by atoms with Gasteiger partial charge in [-0.25, -0.2) is 10.5 Å². The van der Waals surface area contributed by atoms with Gasteiger partial charge in [0.2, 0.25) is 0 Å². The highest BCUT2D eigenvalue weighted by molar-refractivity contribution is 6.33. The van der Waals surface area contributed by atoms with Crippen molar-refractivity contribution in [1.29, 1.82) is 0 Å². The van der Waals surface area contributed by atoms with Crippen LogP contribution in [0.25, 0.3) is 22.4 Å². The molecule has 0 radical (unpaired) electrons. The Balaban J connectivity index is 2.12. The van der Waals surface area contributed by atoms with Gasteiger partial charge in [-0.15, -0.1) is 0 Å². The molecular weight excluding hydrogens is 278 g/mol. The van der Waals surface area contributed by atoms with Gasteiger partial charge in [-0.3, -0.25) is 10.0 Å². The van der Waals surface area contributed by atoms with Crippen LogP contribution in [0.15, 0.2) is 42.5 Å². The zero-order chi connectivity index (χ0) is 14.1. The second-order valence-corrected chi connectivity index (χ2v) is 4.65. The van der Waals surface area contributed by atoms with Crippen LogP contribution >= 0.6 is 11.6 Å². The molecule has 0 bridgehead atoms. The minimum atomic E-state index is -0.569. The number of halogens is 1. The van der Waals surface area contributed by atoms with Gasteiger partial charge in [0.1, 0.15) is 5.82 Å². The molecule has 0 aliphatic heterocycles. The summed E-state index contributed by atoms with van der Waals surface area (Å²) in [5.74, 6) is 0.0629. The summed E-state index contributed by atoms with van der Waals surface area (Å²) < 4.78 is 0. The molecule has 1 aromatic heterocycles. The quantitative estimate of drug-likeness (QED) is 0.501. The topological polar surface area (TPSA) is 78.0 Å². The van der Waals surface area contributed by atoms with E-state index in [0.717, 1.165) is 11.1 Å². The van der Waals surface area contributed by atoms with E-state index in [-0.39, 0.29) is 0 Å². The number of rotatable bonds is 2.